The van der Waals surface area contributed by atoms with Gasteiger partial charge in [0, 0.05) is 17.7 Å². The number of hydrogen-bond donors (Lipinski definition) is 2. The van der Waals surface area contributed by atoms with Gasteiger partial charge in [0.1, 0.15) is 0 Å². The molecule has 19 heavy (non-hydrogen) atoms. The predicted molar refractivity (Wildman–Crippen MR) is 79.0 cm³/mol. The molecule has 0 aromatic heterocycles. The van der Waals surface area contributed by atoms with Crippen molar-refractivity contribution in [2.24, 2.45) is 5.73 Å². The Morgan fingerprint density at radius 1 is 1.32 bits per heavy atom. The zero-order valence-electron chi connectivity index (χ0n) is 11.8. The average molecular weight is 258 g/mol. The minimum Gasteiger partial charge on any atom is -0.352 e. The van der Waals surface area contributed by atoms with Crippen LogP contribution in [-0.4, -0.2) is 19.0 Å². The lowest BCUT2D eigenvalue weighted by Gasteiger charge is -2.06. The van der Waals surface area contributed by atoms with E-state index in [0.717, 1.165) is 36.9 Å². The van der Waals surface area contributed by atoms with Gasteiger partial charge in [0.25, 0.3) is 5.91 Å². The van der Waals surface area contributed by atoms with E-state index in [9.17, 15) is 4.79 Å². The Hall–Kier alpha value is -1.79. The second-order valence-corrected chi connectivity index (χ2v) is 4.56. The van der Waals surface area contributed by atoms with Crippen LogP contribution in [0.25, 0.3) is 0 Å². The summed E-state index contributed by atoms with van der Waals surface area (Å²) in [5, 5.41) is 2.93. The van der Waals surface area contributed by atoms with Gasteiger partial charge in [0.2, 0.25) is 0 Å². The summed E-state index contributed by atoms with van der Waals surface area (Å²) in [7, 11) is 0. The summed E-state index contributed by atoms with van der Waals surface area (Å²) < 4.78 is 0. The third-order valence-corrected chi connectivity index (χ3v) is 2.74. The first-order valence-corrected chi connectivity index (χ1v) is 6.76. The van der Waals surface area contributed by atoms with E-state index >= 15 is 0 Å². The summed E-state index contributed by atoms with van der Waals surface area (Å²) in [6.07, 6.45) is 3.31. The number of amides is 1. The maximum atomic E-state index is 12.0. The molecular formula is C16H22N2O. The molecule has 3 heteroatoms. The highest BCUT2D eigenvalue weighted by Gasteiger charge is 2.06. The molecule has 102 valence electrons. The number of unbranched alkanes of at least 4 members (excludes halogenated alkanes) is 2. The zero-order chi connectivity index (χ0) is 14.1. The quantitative estimate of drug-likeness (QED) is 0.628. The Kier molecular flexibility index (Phi) is 6.70. The smallest absolute Gasteiger partial charge is 0.251 e. The Labute approximate surface area is 115 Å². The molecule has 0 spiro atoms. The molecule has 0 atom stereocenters. The third-order valence-electron chi connectivity index (χ3n) is 2.74. The van der Waals surface area contributed by atoms with Gasteiger partial charge < -0.3 is 11.1 Å². The molecule has 0 unspecified atom stereocenters. The van der Waals surface area contributed by atoms with Crippen LogP contribution < -0.4 is 11.1 Å². The summed E-state index contributed by atoms with van der Waals surface area (Å²) >= 11 is 0. The minimum absolute atomic E-state index is 0.0319. The summed E-state index contributed by atoms with van der Waals surface area (Å²) in [6.45, 7) is 5.16. The Balaban J connectivity index is 2.71. The Morgan fingerprint density at radius 2 is 2.11 bits per heavy atom. The lowest BCUT2D eigenvalue weighted by Crippen LogP contribution is -2.24. The largest absolute Gasteiger partial charge is 0.352 e. The van der Waals surface area contributed by atoms with Crippen LogP contribution in [0.5, 0.6) is 0 Å². The van der Waals surface area contributed by atoms with Crippen molar-refractivity contribution in [1.82, 2.24) is 5.32 Å². The van der Waals surface area contributed by atoms with Gasteiger partial charge in [-0.3, -0.25) is 4.79 Å². The monoisotopic (exact) mass is 258 g/mol. The van der Waals surface area contributed by atoms with Gasteiger partial charge in [-0.05, 0) is 37.1 Å². The van der Waals surface area contributed by atoms with Crippen molar-refractivity contribution >= 4 is 5.91 Å². The molecule has 3 nitrogen and oxygen atoms in total. The van der Waals surface area contributed by atoms with Crippen molar-refractivity contribution < 1.29 is 4.79 Å². The highest BCUT2D eigenvalue weighted by molar-refractivity contribution is 5.94. The summed E-state index contributed by atoms with van der Waals surface area (Å²) in [6, 6.07) is 5.64. The highest BCUT2D eigenvalue weighted by atomic mass is 16.1. The minimum atomic E-state index is -0.0319. The molecule has 0 fully saturated rings. The molecule has 1 aromatic carbocycles. The van der Waals surface area contributed by atoms with Crippen LogP contribution in [0.15, 0.2) is 18.2 Å². The maximum absolute atomic E-state index is 12.0. The predicted octanol–water partition coefficient (Wildman–Crippen LogP) is 2.23. The summed E-state index contributed by atoms with van der Waals surface area (Å²) in [4.78, 5) is 12.0. The van der Waals surface area contributed by atoms with E-state index in [1.807, 2.05) is 25.1 Å². The lowest BCUT2D eigenvalue weighted by molar-refractivity contribution is 0.0953. The van der Waals surface area contributed by atoms with Crippen molar-refractivity contribution in [3.63, 3.8) is 0 Å². The molecule has 3 N–H and O–H groups in total. The van der Waals surface area contributed by atoms with Gasteiger partial charge in [0.05, 0.1) is 6.54 Å². The first-order valence-electron chi connectivity index (χ1n) is 6.76. The third kappa shape index (κ3) is 5.58. The lowest BCUT2D eigenvalue weighted by atomic mass is 10.1. The number of carbonyl (C=O) groups is 1. The van der Waals surface area contributed by atoms with Crippen molar-refractivity contribution in [3.05, 3.63) is 34.9 Å². The molecule has 0 heterocycles. The van der Waals surface area contributed by atoms with Crippen LogP contribution in [0.2, 0.25) is 0 Å². The van der Waals surface area contributed by atoms with Crippen LogP contribution in [-0.2, 0) is 0 Å². The molecule has 1 aromatic rings. The number of benzene rings is 1. The zero-order valence-corrected chi connectivity index (χ0v) is 11.8. The first-order chi connectivity index (χ1) is 9.17. The second kappa shape index (κ2) is 8.34. The second-order valence-electron chi connectivity index (χ2n) is 4.56. The van der Waals surface area contributed by atoms with Gasteiger partial charge >= 0.3 is 0 Å². The summed E-state index contributed by atoms with van der Waals surface area (Å²) in [5.74, 6) is 5.73. The highest BCUT2D eigenvalue weighted by Crippen LogP contribution is 2.09. The summed E-state index contributed by atoms with van der Waals surface area (Å²) in [5.41, 5.74) is 7.89. The van der Waals surface area contributed by atoms with Crippen LogP contribution in [0.4, 0.5) is 0 Å². The van der Waals surface area contributed by atoms with Gasteiger partial charge in [-0.15, -0.1) is 0 Å². The topological polar surface area (TPSA) is 55.1 Å². The van der Waals surface area contributed by atoms with Crippen molar-refractivity contribution in [2.75, 3.05) is 13.1 Å². The molecular weight excluding hydrogens is 236 g/mol. The van der Waals surface area contributed by atoms with Gasteiger partial charge in [-0.25, -0.2) is 0 Å². The average Bonchev–Trinajstić information content (AvgIpc) is 2.40. The Bertz CT molecular complexity index is 483. The van der Waals surface area contributed by atoms with E-state index in [-0.39, 0.29) is 5.91 Å². The fourth-order valence-electron chi connectivity index (χ4n) is 1.82. The molecule has 1 rings (SSSR count). The number of nitrogens with two attached hydrogens (primary N) is 1. The molecule has 0 aliphatic rings. The van der Waals surface area contributed by atoms with E-state index < -0.39 is 0 Å². The van der Waals surface area contributed by atoms with Gasteiger partial charge in [-0.2, -0.15) is 0 Å². The van der Waals surface area contributed by atoms with Crippen molar-refractivity contribution in [3.8, 4) is 11.8 Å². The van der Waals surface area contributed by atoms with E-state index in [0.29, 0.717) is 12.1 Å². The van der Waals surface area contributed by atoms with E-state index in [1.165, 1.54) is 0 Å². The van der Waals surface area contributed by atoms with Crippen LogP contribution in [0.1, 0.15) is 47.7 Å². The van der Waals surface area contributed by atoms with Crippen molar-refractivity contribution in [1.29, 1.82) is 0 Å². The maximum Gasteiger partial charge on any atom is 0.251 e. The number of nitrogens with one attached hydrogen (secondary N) is 1. The number of rotatable bonds is 5. The Morgan fingerprint density at radius 3 is 2.79 bits per heavy atom. The van der Waals surface area contributed by atoms with E-state index in [1.54, 1.807) is 0 Å². The fraction of sp³-hybridized carbons (Fsp3) is 0.438. The van der Waals surface area contributed by atoms with Gasteiger partial charge in [0.15, 0.2) is 0 Å². The van der Waals surface area contributed by atoms with Crippen LogP contribution in [0.3, 0.4) is 0 Å². The van der Waals surface area contributed by atoms with Crippen LogP contribution >= 0.6 is 0 Å². The SMILES string of the molecule is CCCCCNC(=O)c1cc(C)cc(C#CCN)c1. The molecule has 0 bridgehead atoms. The number of hydrogen-bond acceptors (Lipinski definition) is 2. The van der Waals surface area contributed by atoms with E-state index in [4.69, 9.17) is 5.73 Å². The van der Waals surface area contributed by atoms with Crippen LogP contribution in [0, 0.1) is 18.8 Å². The molecule has 0 saturated carbocycles. The number of aryl methyl sites for hydroxylation is 1. The van der Waals surface area contributed by atoms with Crippen molar-refractivity contribution in [2.45, 2.75) is 33.1 Å². The molecule has 0 aliphatic carbocycles. The fourth-order valence-corrected chi connectivity index (χ4v) is 1.82. The van der Waals surface area contributed by atoms with Gasteiger partial charge in [-0.1, -0.05) is 31.6 Å². The normalized spacial score (nSPS) is 9.63. The standard InChI is InChI=1S/C16H22N2O/c1-3-4-5-9-18-16(19)15-11-13(2)10-14(12-15)7-6-8-17/h10-12H,3-5,8-9,17H2,1-2H3,(H,18,19). The number of carbonyl (C=O) groups excluding carboxylic acids is 1. The molecule has 0 saturated heterocycles. The first kappa shape index (κ1) is 15.3. The molecule has 0 radical (unpaired) electrons. The van der Waals surface area contributed by atoms with E-state index in [2.05, 4.69) is 24.1 Å². The molecule has 1 amide bonds. The molecule has 0 aliphatic heterocycles.